The fourth-order valence-corrected chi connectivity index (χ4v) is 1.61. The van der Waals surface area contributed by atoms with E-state index in [9.17, 15) is 10.1 Å². The largest absolute Gasteiger partial charge is 0.291 e. The predicted molar refractivity (Wildman–Crippen MR) is 47.4 cm³/mol. The Balaban J connectivity index is 3.08. The maximum Gasteiger partial charge on any atom is 0.291 e. The summed E-state index contributed by atoms with van der Waals surface area (Å²) < 4.78 is 0. The molecule has 0 atom stereocenters. The highest BCUT2D eigenvalue weighted by Gasteiger charge is 2.20. The minimum absolute atomic E-state index is 0.148. The van der Waals surface area contributed by atoms with Crippen LogP contribution in [0.15, 0.2) is 11.4 Å². The third-order valence-corrected chi connectivity index (χ3v) is 2.29. The van der Waals surface area contributed by atoms with Crippen molar-refractivity contribution in [3.8, 4) is 0 Å². The van der Waals surface area contributed by atoms with Crippen molar-refractivity contribution in [1.29, 1.82) is 5.41 Å². The molecule has 1 aromatic rings. The number of hydrogen-bond donors (Lipinski definition) is 2. The van der Waals surface area contributed by atoms with Gasteiger partial charge in [0.2, 0.25) is 0 Å². The van der Waals surface area contributed by atoms with E-state index in [1.807, 2.05) is 0 Å². The number of hydrogen-bond acceptors (Lipinski definition) is 5. The number of thiophene rings is 1. The van der Waals surface area contributed by atoms with Gasteiger partial charge in [-0.1, -0.05) is 0 Å². The average molecular weight is 201 g/mol. The zero-order chi connectivity index (χ0) is 10.0. The molecule has 0 bridgehead atoms. The average Bonchev–Trinajstić information content (AvgIpc) is 2.50. The zero-order valence-corrected chi connectivity index (χ0v) is 7.54. The Morgan fingerprint density at radius 2 is 2.46 bits per heavy atom. The minimum atomic E-state index is -0.579. The topological polar surface area (TPSA) is 90.5 Å². The van der Waals surface area contributed by atoms with Crippen LogP contribution in [0.2, 0.25) is 0 Å². The molecule has 1 aromatic heterocycles. The molecule has 0 aliphatic heterocycles. The van der Waals surface area contributed by atoms with Gasteiger partial charge >= 0.3 is 0 Å². The van der Waals surface area contributed by atoms with Crippen molar-refractivity contribution in [3.05, 3.63) is 26.4 Å². The Bertz CT molecular complexity index is 347. The summed E-state index contributed by atoms with van der Waals surface area (Å²) in [6, 6.07) is 1.30. The minimum Gasteiger partial charge on any atom is -0.287 e. The first kappa shape index (κ1) is 9.62. The number of hydroxylamine groups is 2. The Kier molecular flexibility index (Phi) is 2.59. The van der Waals surface area contributed by atoms with Crippen molar-refractivity contribution < 1.29 is 10.1 Å². The summed E-state index contributed by atoms with van der Waals surface area (Å²) in [6.45, 7) is 0. The van der Waals surface area contributed by atoms with Gasteiger partial charge in [0.1, 0.15) is 4.88 Å². The van der Waals surface area contributed by atoms with Gasteiger partial charge in [-0.05, 0) is 5.38 Å². The van der Waals surface area contributed by atoms with Crippen LogP contribution in [-0.2, 0) is 0 Å². The second-order valence-corrected chi connectivity index (χ2v) is 3.18. The standard InChI is InChI=1S/C6H7N3O3S/c1-8(10)6(7)5-4(9(11)12)2-3-13-5/h2-3,7,10H,1H3. The lowest BCUT2D eigenvalue weighted by Gasteiger charge is -2.08. The van der Waals surface area contributed by atoms with Crippen LogP contribution in [0.1, 0.15) is 4.88 Å². The van der Waals surface area contributed by atoms with Crippen LogP contribution < -0.4 is 0 Å². The number of nitrogens with one attached hydrogen (secondary N) is 1. The highest BCUT2D eigenvalue weighted by atomic mass is 32.1. The van der Waals surface area contributed by atoms with Gasteiger partial charge in [0.15, 0.2) is 5.84 Å². The molecule has 0 saturated carbocycles. The molecule has 0 saturated heterocycles. The van der Waals surface area contributed by atoms with Crippen LogP contribution in [0, 0.1) is 15.5 Å². The van der Waals surface area contributed by atoms with E-state index in [4.69, 9.17) is 10.6 Å². The van der Waals surface area contributed by atoms with Crippen molar-refractivity contribution >= 4 is 22.9 Å². The maximum absolute atomic E-state index is 10.4. The molecule has 2 N–H and O–H groups in total. The first-order valence-electron chi connectivity index (χ1n) is 3.27. The lowest BCUT2D eigenvalue weighted by atomic mass is 10.4. The number of amidine groups is 1. The first-order chi connectivity index (χ1) is 6.04. The Hall–Kier alpha value is -1.47. The predicted octanol–water partition coefficient (Wildman–Crippen LogP) is 1.30. The lowest BCUT2D eigenvalue weighted by Crippen LogP contribution is -2.22. The second kappa shape index (κ2) is 3.50. The van der Waals surface area contributed by atoms with Crippen LogP contribution in [-0.4, -0.2) is 28.1 Å². The summed E-state index contributed by atoms with van der Waals surface area (Å²) in [6.07, 6.45) is 0. The number of rotatable bonds is 2. The summed E-state index contributed by atoms with van der Waals surface area (Å²) in [5, 5.41) is 28.7. The molecule has 0 aliphatic rings. The molecular weight excluding hydrogens is 194 g/mol. The number of nitrogens with zero attached hydrogens (tertiary/aromatic N) is 2. The molecule has 0 spiro atoms. The van der Waals surface area contributed by atoms with Gasteiger partial charge < -0.3 is 0 Å². The summed E-state index contributed by atoms with van der Waals surface area (Å²) in [5.74, 6) is -0.276. The quantitative estimate of drug-likeness (QED) is 0.326. The fraction of sp³-hybridized carbons (Fsp3) is 0.167. The molecular formula is C6H7N3O3S. The molecule has 13 heavy (non-hydrogen) atoms. The van der Waals surface area contributed by atoms with Gasteiger partial charge in [0, 0.05) is 13.1 Å². The first-order valence-corrected chi connectivity index (χ1v) is 4.15. The summed E-state index contributed by atoms with van der Waals surface area (Å²) in [5.41, 5.74) is -0.157. The van der Waals surface area contributed by atoms with E-state index in [1.165, 1.54) is 18.5 Å². The molecule has 0 aliphatic carbocycles. The highest BCUT2D eigenvalue weighted by Crippen LogP contribution is 2.24. The third-order valence-electron chi connectivity index (χ3n) is 1.38. The van der Waals surface area contributed by atoms with E-state index < -0.39 is 4.92 Å². The van der Waals surface area contributed by atoms with E-state index in [0.29, 0.717) is 5.06 Å². The smallest absolute Gasteiger partial charge is 0.287 e. The van der Waals surface area contributed by atoms with E-state index in [-0.39, 0.29) is 16.4 Å². The molecule has 6 nitrogen and oxygen atoms in total. The monoisotopic (exact) mass is 201 g/mol. The van der Waals surface area contributed by atoms with Gasteiger partial charge in [0.05, 0.1) is 4.92 Å². The fourth-order valence-electron chi connectivity index (χ4n) is 0.770. The van der Waals surface area contributed by atoms with Crippen LogP contribution in [0.4, 0.5) is 5.69 Å². The highest BCUT2D eigenvalue weighted by molar-refractivity contribution is 7.12. The molecule has 1 heterocycles. The van der Waals surface area contributed by atoms with Gasteiger partial charge in [-0.25, -0.2) is 5.06 Å². The Morgan fingerprint density at radius 3 is 2.92 bits per heavy atom. The van der Waals surface area contributed by atoms with Crippen molar-refractivity contribution in [2.75, 3.05) is 7.05 Å². The lowest BCUT2D eigenvalue weighted by molar-refractivity contribution is -0.384. The Morgan fingerprint density at radius 1 is 1.85 bits per heavy atom. The van der Waals surface area contributed by atoms with Crippen LogP contribution in [0.25, 0.3) is 0 Å². The number of nitro groups is 1. The second-order valence-electron chi connectivity index (χ2n) is 2.26. The maximum atomic E-state index is 10.4. The summed E-state index contributed by atoms with van der Waals surface area (Å²) in [7, 11) is 1.24. The molecule has 0 unspecified atom stereocenters. The summed E-state index contributed by atoms with van der Waals surface area (Å²) >= 11 is 1.05. The van der Waals surface area contributed by atoms with Crippen LogP contribution in [0.5, 0.6) is 0 Å². The molecule has 70 valence electrons. The molecule has 1 rings (SSSR count). The molecule has 0 radical (unpaired) electrons. The molecule has 0 aromatic carbocycles. The van der Waals surface area contributed by atoms with E-state index in [0.717, 1.165) is 11.3 Å². The zero-order valence-electron chi connectivity index (χ0n) is 6.72. The SMILES string of the molecule is CN(O)C(=N)c1sccc1[N+](=O)[O-]. The van der Waals surface area contributed by atoms with Gasteiger partial charge in [0.25, 0.3) is 5.69 Å². The normalized spacial score (nSPS) is 9.69. The van der Waals surface area contributed by atoms with Crippen molar-refractivity contribution in [2.24, 2.45) is 0 Å². The van der Waals surface area contributed by atoms with Crippen molar-refractivity contribution in [1.82, 2.24) is 5.06 Å². The van der Waals surface area contributed by atoms with E-state index in [1.54, 1.807) is 0 Å². The van der Waals surface area contributed by atoms with Crippen molar-refractivity contribution in [3.63, 3.8) is 0 Å². The van der Waals surface area contributed by atoms with Gasteiger partial charge in [-0.15, -0.1) is 11.3 Å². The molecule has 7 heteroatoms. The van der Waals surface area contributed by atoms with Gasteiger partial charge in [-0.2, -0.15) is 0 Å². The molecule has 0 fully saturated rings. The third kappa shape index (κ3) is 1.82. The van der Waals surface area contributed by atoms with Crippen LogP contribution >= 0.6 is 11.3 Å². The van der Waals surface area contributed by atoms with Crippen LogP contribution in [0.3, 0.4) is 0 Å². The Labute approximate surface area is 77.6 Å². The van der Waals surface area contributed by atoms with E-state index in [2.05, 4.69) is 0 Å². The van der Waals surface area contributed by atoms with E-state index >= 15 is 0 Å². The van der Waals surface area contributed by atoms with Crippen molar-refractivity contribution in [2.45, 2.75) is 0 Å². The summed E-state index contributed by atoms with van der Waals surface area (Å²) in [4.78, 5) is 9.99. The molecule has 0 amide bonds. The van der Waals surface area contributed by atoms with Gasteiger partial charge in [-0.3, -0.25) is 20.7 Å².